The molecular weight excluding hydrogens is 268 g/mol. The SMILES string of the molecule is COC(=O)c1ccnc(Oc2cccc(C(C)C)c2)c1N. The Kier molecular flexibility index (Phi) is 4.42. The first-order valence-electron chi connectivity index (χ1n) is 6.63. The Morgan fingerprint density at radius 3 is 2.71 bits per heavy atom. The molecule has 0 fully saturated rings. The molecule has 0 atom stereocenters. The Morgan fingerprint density at radius 1 is 1.29 bits per heavy atom. The third-order valence-corrected chi connectivity index (χ3v) is 3.10. The van der Waals surface area contributed by atoms with Crippen molar-refractivity contribution in [3.63, 3.8) is 0 Å². The van der Waals surface area contributed by atoms with Gasteiger partial charge in [0.05, 0.1) is 12.7 Å². The van der Waals surface area contributed by atoms with Gasteiger partial charge in [-0.05, 0) is 29.7 Å². The van der Waals surface area contributed by atoms with Gasteiger partial charge in [0.1, 0.15) is 11.4 Å². The summed E-state index contributed by atoms with van der Waals surface area (Å²) in [5, 5.41) is 0. The Balaban J connectivity index is 2.32. The van der Waals surface area contributed by atoms with Gasteiger partial charge in [0.2, 0.25) is 5.88 Å². The highest BCUT2D eigenvalue weighted by molar-refractivity contribution is 5.96. The zero-order valence-electron chi connectivity index (χ0n) is 12.3. The number of nitrogens with two attached hydrogens (primary N) is 1. The molecule has 1 heterocycles. The first-order valence-corrected chi connectivity index (χ1v) is 6.63. The van der Waals surface area contributed by atoms with Crippen LogP contribution >= 0.6 is 0 Å². The van der Waals surface area contributed by atoms with E-state index in [9.17, 15) is 4.79 Å². The quantitative estimate of drug-likeness (QED) is 0.872. The molecule has 0 radical (unpaired) electrons. The molecule has 0 aliphatic rings. The van der Waals surface area contributed by atoms with Crippen molar-refractivity contribution in [2.24, 2.45) is 0 Å². The third kappa shape index (κ3) is 3.31. The number of hydrogen-bond donors (Lipinski definition) is 1. The number of rotatable bonds is 4. The van der Waals surface area contributed by atoms with Gasteiger partial charge in [0, 0.05) is 6.20 Å². The maximum absolute atomic E-state index is 11.6. The van der Waals surface area contributed by atoms with Crippen LogP contribution in [0.15, 0.2) is 36.5 Å². The Bertz CT molecular complexity index is 654. The number of esters is 1. The molecule has 0 saturated carbocycles. The van der Waals surface area contributed by atoms with Crippen molar-refractivity contribution in [1.82, 2.24) is 4.98 Å². The number of carbonyl (C=O) groups is 1. The van der Waals surface area contributed by atoms with Gasteiger partial charge in [-0.2, -0.15) is 0 Å². The van der Waals surface area contributed by atoms with E-state index < -0.39 is 5.97 Å². The van der Waals surface area contributed by atoms with Crippen LogP contribution in [0.4, 0.5) is 5.69 Å². The largest absolute Gasteiger partial charge is 0.465 e. The predicted octanol–water partition coefficient (Wildman–Crippen LogP) is 3.37. The molecule has 5 heteroatoms. The lowest BCUT2D eigenvalue weighted by atomic mass is 10.0. The van der Waals surface area contributed by atoms with E-state index in [0.29, 0.717) is 11.7 Å². The average molecular weight is 286 g/mol. The van der Waals surface area contributed by atoms with Gasteiger partial charge in [-0.1, -0.05) is 26.0 Å². The molecule has 0 amide bonds. The second-order valence-corrected chi connectivity index (χ2v) is 4.90. The average Bonchev–Trinajstić information content (AvgIpc) is 2.49. The van der Waals surface area contributed by atoms with E-state index in [0.717, 1.165) is 5.56 Å². The van der Waals surface area contributed by atoms with Crippen molar-refractivity contribution < 1.29 is 14.3 Å². The van der Waals surface area contributed by atoms with Crippen molar-refractivity contribution in [1.29, 1.82) is 0 Å². The minimum absolute atomic E-state index is 0.166. The molecule has 2 rings (SSSR count). The van der Waals surface area contributed by atoms with Gasteiger partial charge in [-0.15, -0.1) is 0 Å². The van der Waals surface area contributed by atoms with Crippen LogP contribution in [0.2, 0.25) is 0 Å². The Morgan fingerprint density at radius 2 is 2.05 bits per heavy atom. The van der Waals surface area contributed by atoms with Crippen LogP contribution in [0.3, 0.4) is 0 Å². The maximum atomic E-state index is 11.6. The number of pyridine rings is 1. The summed E-state index contributed by atoms with van der Waals surface area (Å²) < 4.78 is 10.4. The summed E-state index contributed by atoms with van der Waals surface area (Å²) >= 11 is 0. The van der Waals surface area contributed by atoms with Crippen molar-refractivity contribution in [2.75, 3.05) is 12.8 Å². The van der Waals surface area contributed by atoms with Crippen molar-refractivity contribution in [2.45, 2.75) is 19.8 Å². The van der Waals surface area contributed by atoms with E-state index >= 15 is 0 Å². The van der Waals surface area contributed by atoms with E-state index in [1.165, 1.54) is 19.4 Å². The molecule has 0 unspecified atom stereocenters. The summed E-state index contributed by atoms with van der Waals surface area (Å²) in [4.78, 5) is 15.7. The summed E-state index contributed by atoms with van der Waals surface area (Å²) in [6.45, 7) is 4.20. The highest BCUT2D eigenvalue weighted by atomic mass is 16.5. The van der Waals surface area contributed by atoms with Gasteiger partial charge in [0.25, 0.3) is 0 Å². The second kappa shape index (κ2) is 6.26. The lowest BCUT2D eigenvalue weighted by Gasteiger charge is -2.11. The first kappa shape index (κ1) is 14.8. The van der Waals surface area contributed by atoms with Gasteiger partial charge < -0.3 is 15.2 Å². The van der Waals surface area contributed by atoms with E-state index in [-0.39, 0.29) is 17.1 Å². The van der Waals surface area contributed by atoms with E-state index in [2.05, 4.69) is 23.6 Å². The monoisotopic (exact) mass is 286 g/mol. The number of aromatic nitrogens is 1. The molecule has 1 aromatic carbocycles. The van der Waals surface area contributed by atoms with Crippen LogP contribution in [0.25, 0.3) is 0 Å². The van der Waals surface area contributed by atoms with E-state index in [4.69, 9.17) is 10.5 Å². The number of carbonyl (C=O) groups excluding carboxylic acids is 1. The smallest absolute Gasteiger partial charge is 0.340 e. The minimum Gasteiger partial charge on any atom is -0.465 e. The molecule has 0 spiro atoms. The van der Waals surface area contributed by atoms with Crippen LogP contribution in [-0.2, 0) is 4.74 Å². The number of nitrogen functional groups attached to an aromatic ring is 1. The zero-order chi connectivity index (χ0) is 15.4. The fourth-order valence-electron chi connectivity index (χ4n) is 1.87. The molecule has 0 aliphatic heterocycles. The molecular formula is C16H18N2O3. The molecule has 21 heavy (non-hydrogen) atoms. The maximum Gasteiger partial charge on any atom is 0.340 e. The van der Waals surface area contributed by atoms with E-state index in [1.54, 1.807) is 0 Å². The summed E-state index contributed by atoms with van der Waals surface area (Å²) in [6, 6.07) is 9.18. The zero-order valence-corrected chi connectivity index (χ0v) is 12.3. The molecule has 0 aliphatic carbocycles. The fourth-order valence-corrected chi connectivity index (χ4v) is 1.87. The summed E-state index contributed by atoms with van der Waals surface area (Å²) in [6.07, 6.45) is 1.46. The van der Waals surface area contributed by atoms with Gasteiger partial charge in [-0.25, -0.2) is 9.78 Å². The number of hydrogen-bond acceptors (Lipinski definition) is 5. The Hall–Kier alpha value is -2.56. The lowest BCUT2D eigenvalue weighted by Crippen LogP contribution is -2.07. The van der Waals surface area contributed by atoms with Gasteiger partial charge in [0.15, 0.2) is 0 Å². The van der Waals surface area contributed by atoms with Crippen LogP contribution in [0.5, 0.6) is 11.6 Å². The van der Waals surface area contributed by atoms with Crippen LogP contribution in [0.1, 0.15) is 35.7 Å². The van der Waals surface area contributed by atoms with E-state index in [1.807, 2.05) is 24.3 Å². The van der Waals surface area contributed by atoms with Crippen molar-refractivity contribution in [3.8, 4) is 11.6 Å². The molecule has 2 N–H and O–H groups in total. The predicted molar refractivity (Wildman–Crippen MR) is 80.6 cm³/mol. The van der Waals surface area contributed by atoms with Gasteiger partial charge in [-0.3, -0.25) is 0 Å². The summed E-state index contributed by atoms with van der Waals surface area (Å²) in [5.41, 5.74) is 7.47. The molecule has 110 valence electrons. The number of anilines is 1. The fraction of sp³-hybridized carbons (Fsp3) is 0.250. The number of ether oxygens (including phenoxy) is 2. The van der Waals surface area contributed by atoms with Crippen LogP contribution in [0, 0.1) is 0 Å². The topological polar surface area (TPSA) is 74.4 Å². The first-order chi connectivity index (χ1) is 10.0. The minimum atomic E-state index is -0.518. The molecule has 0 bridgehead atoms. The van der Waals surface area contributed by atoms with Gasteiger partial charge >= 0.3 is 5.97 Å². The standard InChI is InChI=1S/C16H18N2O3/c1-10(2)11-5-4-6-12(9-11)21-15-14(17)13(7-8-18-15)16(19)20-3/h4-10H,17H2,1-3H3. The number of methoxy groups -OCH3 is 1. The normalized spacial score (nSPS) is 10.5. The second-order valence-electron chi connectivity index (χ2n) is 4.90. The number of benzene rings is 1. The summed E-state index contributed by atoms with van der Waals surface area (Å²) in [5.74, 6) is 0.692. The molecule has 2 aromatic rings. The molecule has 5 nitrogen and oxygen atoms in total. The molecule has 1 aromatic heterocycles. The van der Waals surface area contributed by atoms with Crippen molar-refractivity contribution >= 4 is 11.7 Å². The van der Waals surface area contributed by atoms with Crippen LogP contribution < -0.4 is 10.5 Å². The third-order valence-electron chi connectivity index (χ3n) is 3.10. The lowest BCUT2D eigenvalue weighted by molar-refractivity contribution is 0.0601. The number of nitrogens with zero attached hydrogens (tertiary/aromatic N) is 1. The van der Waals surface area contributed by atoms with Crippen molar-refractivity contribution in [3.05, 3.63) is 47.7 Å². The highest BCUT2D eigenvalue weighted by Crippen LogP contribution is 2.29. The Labute approximate surface area is 123 Å². The summed E-state index contributed by atoms with van der Waals surface area (Å²) in [7, 11) is 1.30. The van der Waals surface area contributed by atoms with Crippen LogP contribution in [-0.4, -0.2) is 18.1 Å². The molecule has 0 saturated heterocycles. The highest BCUT2D eigenvalue weighted by Gasteiger charge is 2.15.